The van der Waals surface area contributed by atoms with Crippen LogP contribution in [0.3, 0.4) is 0 Å². The highest BCUT2D eigenvalue weighted by Gasteiger charge is 2.21. The van der Waals surface area contributed by atoms with E-state index in [9.17, 15) is 9.18 Å². The molecule has 1 saturated heterocycles. The van der Waals surface area contributed by atoms with Crippen LogP contribution in [0.1, 0.15) is 32.7 Å². The average molecular weight is 465 g/mol. The van der Waals surface area contributed by atoms with E-state index in [1.807, 2.05) is 44.2 Å². The van der Waals surface area contributed by atoms with Gasteiger partial charge in [0.2, 0.25) is 5.88 Å². The molecule has 1 aliphatic rings. The Kier molecular flexibility index (Phi) is 6.03. The number of halogens is 1. The molecular weight excluding hydrogens is 435 g/mol. The molecule has 4 aromatic rings. The molecule has 0 bridgehead atoms. The van der Waals surface area contributed by atoms with E-state index in [0.29, 0.717) is 31.1 Å². The topological polar surface area (TPSA) is 78.1 Å². The lowest BCUT2D eigenvalue weighted by molar-refractivity contribution is 0.244. The summed E-state index contributed by atoms with van der Waals surface area (Å²) in [7, 11) is 1.72. The third-order valence-corrected chi connectivity index (χ3v) is 6.44. The highest BCUT2D eigenvalue weighted by molar-refractivity contribution is 6.02. The highest BCUT2D eigenvalue weighted by Crippen LogP contribution is 2.29. The fourth-order valence-corrected chi connectivity index (χ4v) is 4.64. The minimum atomic E-state index is -0.687. The van der Waals surface area contributed by atoms with E-state index in [-0.39, 0.29) is 11.7 Å². The standard InChI is InChI=1S/C25H29FN6O2/c1-16(2)32-23-20-13-17(5-7-21(20)28-29-24(23)30(3)25(32)33)18-6-8-22(27-14-18)34-12-4-10-31-11-9-19(26)15-31/h5-8,13-14,16,19H,4,9-12,15H2,1-3H3. The van der Waals surface area contributed by atoms with Crippen molar-refractivity contribution in [2.24, 2.45) is 7.05 Å². The van der Waals surface area contributed by atoms with Gasteiger partial charge >= 0.3 is 5.69 Å². The van der Waals surface area contributed by atoms with Crippen LogP contribution in [0.25, 0.3) is 33.2 Å². The molecule has 0 saturated carbocycles. The predicted octanol–water partition coefficient (Wildman–Crippen LogP) is 3.74. The summed E-state index contributed by atoms with van der Waals surface area (Å²) in [4.78, 5) is 19.4. The van der Waals surface area contributed by atoms with Crippen LogP contribution in [0.2, 0.25) is 0 Å². The molecule has 0 radical (unpaired) electrons. The summed E-state index contributed by atoms with van der Waals surface area (Å²) >= 11 is 0. The minimum absolute atomic E-state index is 0.00535. The smallest absolute Gasteiger partial charge is 0.330 e. The van der Waals surface area contributed by atoms with Gasteiger partial charge in [0.05, 0.1) is 12.1 Å². The third kappa shape index (κ3) is 4.16. The van der Waals surface area contributed by atoms with Gasteiger partial charge in [-0.2, -0.15) is 0 Å². The van der Waals surface area contributed by atoms with Gasteiger partial charge in [0.15, 0.2) is 5.65 Å². The number of rotatable bonds is 7. The number of likely N-dealkylation sites (tertiary alicyclic amines) is 1. The van der Waals surface area contributed by atoms with Crippen LogP contribution in [-0.2, 0) is 7.05 Å². The van der Waals surface area contributed by atoms with Gasteiger partial charge in [0, 0.05) is 55.9 Å². The average Bonchev–Trinajstić information content (AvgIpc) is 3.37. The number of fused-ring (bicyclic) bond motifs is 3. The maximum Gasteiger partial charge on any atom is 0.330 e. The molecule has 4 heterocycles. The van der Waals surface area contributed by atoms with E-state index in [1.54, 1.807) is 22.4 Å². The summed E-state index contributed by atoms with van der Waals surface area (Å²) in [6.45, 7) is 6.73. The van der Waals surface area contributed by atoms with Gasteiger partial charge < -0.3 is 9.64 Å². The maximum absolute atomic E-state index is 13.3. The summed E-state index contributed by atoms with van der Waals surface area (Å²) in [6.07, 6.45) is 2.58. The molecule has 1 unspecified atom stereocenters. The Bertz CT molecular complexity index is 1380. The second kappa shape index (κ2) is 9.13. The first-order valence-electron chi connectivity index (χ1n) is 11.8. The fraction of sp³-hybridized carbons (Fsp3) is 0.440. The summed E-state index contributed by atoms with van der Waals surface area (Å²) in [5.74, 6) is 0.569. The Labute approximate surface area is 197 Å². The zero-order valence-electron chi connectivity index (χ0n) is 19.7. The van der Waals surface area contributed by atoms with Gasteiger partial charge in [-0.3, -0.25) is 9.13 Å². The Morgan fingerprint density at radius 1 is 1.18 bits per heavy atom. The molecule has 8 nitrogen and oxygen atoms in total. The number of benzene rings is 1. The van der Waals surface area contributed by atoms with Crippen molar-refractivity contribution in [3.8, 4) is 17.0 Å². The molecule has 0 amide bonds. The van der Waals surface area contributed by atoms with Gasteiger partial charge in [0.25, 0.3) is 0 Å². The van der Waals surface area contributed by atoms with Gasteiger partial charge in [-0.15, -0.1) is 10.2 Å². The molecule has 0 N–H and O–H groups in total. The van der Waals surface area contributed by atoms with E-state index < -0.39 is 6.17 Å². The monoisotopic (exact) mass is 464 g/mol. The Balaban J connectivity index is 1.36. The Morgan fingerprint density at radius 3 is 2.71 bits per heavy atom. The summed E-state index contributed by atoms with van der Waals surface area (Å²) < 4.78 is 22.3. The largest absolute Gasteiger partial charge is 0.478 e. The first kappa shape index (κ1) is 22.5. The van der Waals surface area contributed by atoms with E-state index >= 15 is 0 Å². The summed E-state index contributed by atoms with van der Waals surface area (Å²) in [5.41, 5.74) is 3.92. The van der Waals surface area contributed by atoms with Crippen LogP contribution in [0.4, 0.5) is 4.39 Å². The molecule has 1 fully saturated rings. The molecule has 1 aliphatic heterocycles. The van der Waals surface area contributed by atoms with Crippen molar-refractivity contribution in [3.63, 3.8) is 0 Å². The number of pyridine rings is 1. The van der Waals surface area contributed by atoms with Gasteiger partial charge in [-0.05, 0) is 50.5 Å². The number of aryl methyl sites for hydroxylation is 1. The molecule has 34 heavy (non-hydrogen) atoms. The highest BCUT2D eigenvalue weighted by atomic mass is 19.1. The second-order valence-electron chi connectivity index (χ2n) is 9.18. The molecule has 1 atom stereocenters. The lowest BCUT2D eigenvalue weighted by Crippen LogP contribution is -2.23. The van der Waals surface area contributed by atoms with Crippen molar-refractivity contribution >= 4 is 22.1 Å². The lowest BCUT2D eigenvalue weighted by Gasteiger charge is -2.14. The summed E-state index contributed by atoms with van der Waals surface area (Å²) in [5, 5.41) is 9.50. The van der Waals surface area contributed by atoms with Crippen molar-refractivity contribution in [1.29, 1.82) is 0 Å². The van der Waals surface area contributed by atoms with Crippen LogP contribution in [-0.4, -0.2) is 61.6 Å². The molecule has 9 heteroatoms. The van der Waals surface area contributed by atoms with Gasteiger partial charge in [-0.1, -0.05) is 6.07 Å². The number of nitrogens with zero attached hydrogens (tertiary/aromatic N) is 6. The number of alkyl halides is 1. The van der Waals surface area contributed by atoms with E-state index in [0.717, 1.165) is 47.1 Å². The summed E-state index contributed by atoms with van der Waals surface area (Å²) in [6, 6.07) is 9.77. The molecule has 1 aromatic carbocycles. The SMILES string of the molecule is CC(C)n1c(=O)n(C)c2nnc3ccc(-c4ccc(OCCCN5CCC(F)C5)nc4)cc3c21. The molecule has 178 valence electrons. The van der Waals surface area contributed by atoms with Gasteiger partial charge in [-0.25, -0.2) is 14.2 Å². The first-order valence-corrected chi connectivity index (χ1v) is 11.8. The van der Waals surface area contributed by atoms with Crippen molar-refractivity contribution < 1.29 is 9.13 Å². The zero-order valence-corrected chi connectivity index (χ0v) is 19.7. The predicted molar refractivity (Wildman–Crippen MR) is 130 cm³/mol. The van der Waals surface area contributed by atoms with Crippen LogP contribution in [0, 0.1) is 0 Å². The van der Waals surface area contributed by atoms with E-state index in [4.69, 9.17) is 4.74 Å². The second-order valence-corrected chi connectivity index (χ2v) is 9.18. The van der Waals surface area contributed by atoms with Gasteiger partial charge in [0.1, 0.15) is 11.7 Å². The van der Waals surface area contributed by atoms with Crippen molar-refractivity contribution in [2.45, 2.75) is 38.9 Å². The Morgan fingerprint density at radius 2 is 2.00 bits per heavy atom. The minimum Gasteiger partial charge on any atom is -0.478 e. The van der Waals surface area contributed by atoms with Crippen LogP contribution in [0.15, 0.2) is 41.3 Å². The van der Waals surface area contributed by atoms with Crippen molar-refractivity contribution in [1.82, 2.24) is 29.2 Å². The number of hydrogen-bond acceptors (Lipinski definition) is 6. The maximum atomic E-state index is 13.3. The zero-order chi connectivity index (χ0) is 23.8. The number of imidazole rings is 1. The molecular formula is C25H29FN6O2. The number of ether oxygens (including phenoxy) is 1. The lowest BCUT2D eigenvalue weighted by atomic mass is 10.0. The number of aromatic nitrogens is 5. The van der Waals surface area contributed by atoms with Crippen molar-refractivity contribution in [3.05, 3.63) is 47.0 Å². The molecule has 5 rings (SSSR count). The molecule has 3 aromatic heterocycles. The Hall–Kier alpha value is -3.33. The molecule has 0 aliphatic carbocycles. The molecule has 0 spiro atoms. The third-order valence-electron chi connectivity index (χ3n) is 6.44. The number of hydrogen-bond donors (Lipinski definition) is 0. The van der Waals surface area contributed by atoms with Crippen molar-refractivity contribution in [2.75, 3.05) is 26.2 Å². The van der Waals surface area contributed by atoms with Crippen LogP contribution in [0.5, 0.6) is 5.88 Å². The van der Waals surface area contributed by atoms with E-state index in [1.165, 1.54) is 0 Å². The normalized spacial score (nSPS) is 16.8. The van der Waals surface area contributed by atoms with Crippen LogP contribution >= 0.6 is 0 Å². The van der Waals surface area contributed by atoms with Crippen LogP contribution < -0.4 is 10.4 Å². The van der Waals surface area contributed by atoms with E-state index in [2.05, 4.69) is 20.1 Å². The fourth-order valence-electron chi connectivity index (χ4n) is 4.64. The first-order chi connectivity index (χ1) is 16.4. The quantitative estimate of drug-likeness (QED) is 0.388.